The second-order valence-electron chi connectivity index (χ2n) is 5.00. The molecule has 0 aromatic carbocycles. The Hall–Kier alpha value is -0.0800. The lowest BCUT2D eigenvalue weighted by molar-refractivity contribution is 0.140. The molecule has 0 spiro atoms. The number of hydrogen-bond acceptors (Lipinski definition) is 2. The fourth-order valence-corrected chi connectivity index (χ4v) is 1.14. The smallest absolute Gasteiger partial charge is 0.0482 e. The Balaban J connectivity index is 3.56. The van der Waals surface area contributed by atoms with Gasteiger partial charge in [0, 0.05) is 12.6 Å². The molecule has 0 aromatic heterocycles. The Bertz CT molecular complexity index is 132. The predicted octanol–water partition coefficient (Wildman–Crippen LogP) is 2.13. The van der Waals surface area contributed by atoms with Crippen LogP contribution in [-0.4, -0.2) is 36.2 Å². The molecular weight excluding hydrogens is 162 g/mol. The standard InChI is InChI=1S/C11H25NO/c1-10(2)12(5)8-6-7-11(3,4)9-13/h10,13H,6-9H2,1-5H3. The Morgan fingerprint density at radius 1 is 1.31 bits per heavy atom. The minimum Gasteiger partial charge on any atom is -0.396 e. The second kappa shape index (κ2) is 5.61. The molecule has 0 saturated heterocycles. The fourth-order valence-electron chi connectivity index (χ4n) is 1.14. The largest absolute Gasteiger partial charge is 0.396 e. The summed E-state index contributed by atoms with van der Waals surface area (Å²) >= 11 is 0. The zero-order valence-electron chi connectivity index (χ0n) is 9.80. The van der Waals surface area contributed by atoms with E-state index < -0.39 is 0 Å². The van der Waals surface area contributed by atoms with Crippen LogP contribution >= 0.6 is 0 Å². The van der Waals surface area contributed by atoms with Crippen LogP contribution in [0.25, 0.3) is 0 Å². The Morgan fingerprint density at radius 2 is 1.85 bits per heavy atom. The van der Waals surface area contributed by atoms with Gasteiger partial charge in [0.1, 0.15) is 0 Å². The van der Waals surface area contributed by atoms with E-state index in [2.05, 4.69) is 39.6 Å². The van der Waals surface area contributed by atoms with Crippen molar-refractivity contribution in [3.05, 3.63) is 0 Å². The Kier molecular flexibility index (Phi) is 5.57. The van der Waals surface area contributed by atoms with Crippen LogP contribution in [-0.2, 0) is 0 Å². The van der Waals surface area contributed by atoms with Crippen molar-refractivity contribution < 1.29 is 5.11 Å². The lowest BCUT2D eigenvalue weighted by atomic mass is 9.89. The summed E-state index contributed by atoms with van der Waals surface area (Å²) in [6.45, 7) is 10.1. The zero-order valence-corrected chi connectivity index (χ0v) is 9.80. The monoisotopic (exact) mass is 187 g/mol. The molecule has 0 bridgehead atoms. The highest BCUT2D eigenvalue weighted by atomic mass is 16.3. The van der Waals surface area contributed by atoms with E-state index in [1.54, 1.807) is 0 Å². The van der Waals surface area contributed by atoms with Crippen molar-refractivity contribution in [2.45, 2.75) is 46.6 Å². The summed E-state index contributed by atoms with van der Waals surface area (Å²) in [6.07, 6.45) is 2.27. The van der Waals surface area contributed by atoms with E-state index in [-0.39, 0.29) is 5.41 Å². The van der Waals surface area contributed by atoms with Crippen LogP contribution in [0.15, 0.2) is 0 Å². The van der Waals surface area contributed by atoms with Gasteiger partial charge in [-0.15, -0.1) is 0 Å². The highest BCUT2D eigenvalue weighted by Crippen LogP contribution is 2.21. The third kappa shape index (κ3) is 6.05. The summed E-state index contributed by atoms with van der Waals surface area (Å²) in [6, 6.07) is 0.622. The summed E-state index contributed by atoms with van der Waals surface area (Å²) in [5, 5.41) is 9.05. The van der Waals surface area contributed by atoms with Crippen molar-refractivity contribution in [1.29, 1.82) is 0 Å². The van der Waals surface area contributed by atoms with Crippen LogP contribution < -0.4 is 0 Å². The van der Waals surface area contributed by atoms with E-state index >= 15 is 0 Å². The maximum absolute atomic E-state index is 9.05. The van der Waals surface area contributed by atoms with Crippen LogP contribution in [0.2, 0.25) is 0 Å². The van der Waals surface area contributed by atoms with Gasteiger partial charge in [-0.05, 0) is 45.7 Å². The van der Waals surface area contributed by atoms with Crippen LogP contribution in [0.4, 0.5) is 0 Å². The first-order valence-electron chi connectivity index (χ1n) is 5.20. The van der Waals surface area contributed by atoms with Crippen LogP contribution in [0, 0.1) is 5.41 Å². The van der Waals surface area contributed by atoms with E-state index in [9.17, 15) is 0 Å². The van der Waals surface area contributed by atoms with Gasteiger partial charge in [-0.2, -0.15) is 0 Å². The summed E-state index contributed by atoms with van der Waals surface area (Å²) < 4.78 is 0. The van der Waals surface area contributed by atoms with Crippen molar-refractivity contribution in [3.63, 3.8) is 0 Å². The quantitative estimate of drug-likeness (QED) is 0.688. The van der Waals surface area contributed by atoms with Gasteiger partial charge in [-0.1, -0.05) is 13.8 Å². The van der Waals surface area contributed by atoms with Gasteiger partial charge < -0.3 is 10.0 Å². The summed E-state index contributed by atoms with van der Waals surface area (Å²) in [5.74, 6) is 0. The SMILES string of the molecule is CC(C)N(C)CCCC(C)(C)CO. The maximum atomic E-state index is 9.05. The number of nitrogens with zero attached hydrogens (tertiary/aromatic N) is 1. The van der Waals surface area contributed by atoms with Crippen molar-refractivity contribution >= 4 is 0 Å². The lowest BCUT2D eigenvalue weighted by Gasteiger charge is -2.25. The first-order chi connectivity index (χ1) is 5.89. The molecule has 0 atom stereocenters. The van der Waals surface area contributed by atoms with Gasteiger partial charge in [0.15, 0.2) is 0 Å². The van der Waals surface area contributed by atoms with E-state index in [1.807, 2.05) is 0 Å². The van der Waals surface area contributed by atoms with Gasteiger partial charge >= 0.3 is 0 Å². The van der Waals surface area contributed by atoms with Gasteiger partial charge in [-0.25, -0.2) is 0 Å². The molecule has 0 aliphatic heterocycles. The molecule has 2 heteroatoms. The summed E-state index contributed by atoms with van der Waals surface area (Å²) in [7, 11) is 2.15. The van der Waals surface area contributed by atoms with E-state index in [0.29, 0.717) is 12.6 Å². The molecule has 0 rings (SSSR count). The van der Waals surface area contributed by atoms with Gasteiger partial charge in [0.05, 0.1) is 0 Å². The highest BCUT2D eigenvalue weighted by Gasteiger charge is 2.16. The van der Waals surface area contributed by atoms with Gasteiger partial charge in [0.2, 0.25) is 0 Å². The molecule has 0 heterocycles. The molecule has 0 unspecified atom stereocenters. The Morgan fingerprint density at radius 3 is 2.23 bits per heavy atom. The summed E-state index contributed by atoms with van der Waals surface area (Å²) in [5.41, 5.74) is 0.0951. The number of aliphatic hydroxyl groups is 1. The molecule has 0 aromatic rings. The van der Waals surface area contributed by atoms with Crippen molar-refractivity contribution in [2.24, 2.45) is 5.41 Å². The first-order valence-corrected chi connectivity index (χ1v) is 5.20. The van der Waals surface area contributed by atoms with Crippen molar-refractivity contribution in [3.8, 4) is 0 Å². The average Bonchev–Trinajstić information content (AvgIpc) is 2.04. The number of rotatable bonds is 6. The molecule has 0 radical (unpaired) electrons. The molecule has 2 nitrogen and oxygen atoms in total. The molecule has 1 N–H and O–H groups in total. The first kappa shape index (κ1) is 12.9. The molecule has 13 heavy (non-hydrogen) atoms. The summed E-state index contributed by atoms with van der Waals surface area (Å²) in [4.78, 5) is 2.34. The third-order valence-electron chi connectivity index (χ3n) is 2.67. The van der Waals surface area contributed by atoms with Crippen molar-refractivity contribution in [2.75, 3.05) is 20.2 Å². The predicted molar refractivity (Wildman–Crippen MR) is 57.9 cm³/mol. The van der Waals surface area contributed by atoms with Gasteiger partial charge in [-0.3, -0.25) is 0 Å². The van der Waals surface area contributed by atoms with Crippen LogP contribution in [0.5, 0.6) is 0 Å². The minimum absolute atomic E-state index is 0.0951. The number of hydrogen-bond donors (Lipinski definition) is 1. The molecular formula is C11H25NO. The second-order valence-corrected chi connectivity index (χ2v) is 5.00. The lowest BCUT2D eigenvalue weighted by Crippen LogP contribution is -2.28. The molecule has 0 saturated carbocycles. The third-order valence-corrected chi connectivity index (χ3v) is 2.67. The number of aliphatic hydroxyl groups excluding tert-OH is 1. The molecule has 80 valence electrons. The average molecular weight is 187 g/mol. The molecule has 0 aliphatic carbocycles. The van der Waals surface area contributed by atoms with Crippen LogP contribution in [0.1, 0.15) is 40.5 Å². The fraction of sp³-hybridized carbons (Fsp3) is 1.00. The maximum Gasteiger partial charge on any atom is 0.0482 e. The molecule has 0 amide bonds. The van der Waals surface area contributed by atoms with Crippen molar-refractivity contribution in [1.82, 2.24) is 4.90 Å². The Labute approximate surface area is 82.9 Å². The minimum atomic E-state index is 0.0951. The van der Waals surface area contributed by atoms with Gasteiger partial charge in [0.25, 0.3) is 0 Å². The molecule has 0 aliphatic rings. The zero-order chi connectivity index (χ0) is 10.5. The topological polar surface area (TPSA) is 23.5 Å². The van der Waals surface area contributed by atoms with E-state index in [1.165, 1.54) is 6.42 Å². The van der Waals surface area contributed by atoms with E-state index in [0.717, 1.165) is 13.0 Å². The highest BCUT2D eigenvalue weighted by molar-refractivity contribution is 4.68. The normalized spacial score (nSPS) is 12.9. The molecule has 0 fully saturated rings. The van der Waals surface area contributed by atoms with Crippen LogP contribution in [0.3, 0.4) is 0 Å². The van der Waals surface area contributed by atoms with E-state index in [4.69, 9.17) is 5.11 Å².